The van der Waals surface area contributed by atoms with Gasteiger partial charge in [0.1, 0.15) is 0 Å². The highest BCUT2D eigenvalue weighted by Crippen LogP contribution is 2.44. The zero-order chi connectivity index (χ0) is 23.3. The summed E-state index contributed by atoms with van der Waals surface area (Å²) in [5.41, 5.74) is 0.424. The molecule has 0 aromatic heterocycles. The van der Waals surface area contributed by atoms with Gasteiger partial charge in [0, 0.05) is 11.1 Å². The van der Waals surface area contributed by atoms with Crippen molar-refractivity contribution in [2.24, 2.45) is 0 Å². The molecule has 0 aliphatic carbocycles. The number of fused-ring (bicyclic) bond motifs is 3. The van der Waals surface area contributed by atoms with Crippen LogP contribution in [0.3, 0.4) is 0 Å². The summed E-state index contributed by atoms with van der Waals surface area (Å²) in [5.74, 6) is 0.194. The lowest BCUT2D eigenvalue weighted by molar-refractivity contribution is -0.136. The molecule has 2 aliphatic rings. The van der Waals surface area contributed by atoms with E-state index in [1.54, 1.807) is 41.3 Å². The Balaban J connectivity index is 1.35. The van der Waals surface area contributed by atoms with Gasteiger partial charge in [-0.2, -0.15) is 0 Å². The van der Waals surface area contributed by atoms with Crippen LogP contribution < -0.4 is 14.4 Å². The molecule has 0 fully saturated rings. The average molecular weight is 451 g/mol. The highest BCUT2D eigenvalue weighted by molar-refractivity contribution is 6.11. The van der Waals surface area contributed by atoms with Gasteiger partial charge in [-0.15, -0.1) is 0 Å². The number of amides is 1. The third kappa shape index (κ3) is 3.15. The van der Waals surface area contributed by atoms with Crippen LogP contribution in [0.5, 0.6) is 11.5 Å². The van der Waals surface area contributed by atoms with Crippen molar-refractivity contribution in [2.45, 2.75) is 18.6 Å². The molecule has 0 saturated heterocycles. The molecular weight excluding hydrogens is 430 g/mol. The Morgan fingerprint density at radius 3 is 2.59 bits per heavy atom. The number of benzene rings is 4. The Hall–Kier alpha value is -4.16. The number of hydrogen-bond acceptors (Lipinski definition) is 5. The minimum absolute atomic E-state index is 0.103. The number of rotatable bonds is 5. The van der Waals surface area contributed by atoms with Gasteiger partial charge >= 0.3 is 0 Å². The van der Waals surface area contributed by atoms with Gasteiger partial charge in [0.25, 0.3) is 5.91 Å². The lowest BCUT2D eigenvalue weighted by atomic mass is 9.88. The maximum Gasteiger partial charge on any atom is 0.264 e. The topological polar surface area (TPSA) is 76.1 Å². The molecule has 6 heteroatoms. The predicted octanol–water partition coefficient (Wildman–Crippen LogP) is 4.58. The molecule has 0 radical (unpaired) electrons. The normalized spacial score (nSPS) is 18.4. The van der Waals surface area contributed by atoms with Crippen LogP contribution in [-0.2, 0) is 16.9 Å². The van der Waals surface area contributed by atoms with E-state index in [9.17, 15) is 14.7 Å². The first-order valence-electron chi connectivity index (χ1n) is 11.1. The summed E-state index contributed by atoms with van der Waals surface area (Å²) >= 11 is 0. The molecule has 0 saturated carbocycles. The van der Waals surface area contributed by atoms with Crippen molar-refractivity contribution < 1.29 is 24.2 Å². The number of ketones is 1. The van der Waals surface area contributed by atoms with Crippen LogP contribution in [0.4, 0.5) is 5.69 Å². The second-order valence-electron chi connectivity index (χ2n) is 8.57. The van der Waals surface area contributed by atoms with Crippen LogP contribution in [0, 0.1) is 0 Å². The average Bonchev–Trinajstić information content (AvgIpc) is 3.41. The second-order valence-corrected chi connectivity index (χ2v) is 8.57. The molecular formula is C28H21NO5. The van der Waals surface area contributed by atoms with E-state index in [4.69, 9.17) is 9.47 Å². The molecule has 6 nitrogen and oxygen atoms in total. The molecule has 4 aromatic rings. The van der Waals surface area contributed by atoms with E-state index in [-0.39, 0.29) is 25.5 Å². The standard InChI is InChI=1S/C28H21NO5/c30-24(19-12-13-25-26(14-19)34-17-33-25)15-28(32)22-10-3-4-11-23(22)29(27(28)31)16-20-8-5-7-18-6-1-2-9-21(18)20/h1-14,32H,15-17H2/t28-/m1/s1. The molecule has 168 valence electrons. The van der Waals surface area contributed by atoms with Crippen LogP contribution >= 0.6 is 0 Å². The third-order valence-corrected chi connectivity index (χ3v) is 6.56. The zero-order valence-electron chi connectivity index (χ0n) is 18.2. The first kappa shape index (κ1) is 20.4. The van der Waals surface area contributed by atoms with Crippen molar-refractivity contribution in [3.05, 3.63) is 102 Å². The fraction of sp³-hybridized carbons (Fsp3) is 0.143. The van der Waals surface area contributed by atoms with Crippen molar-refractivity contribution in [3.63, 3.8) is 0 Å². The number of carbonyl (C=O) groups is 2. The predicted molar refractivity (Wildman–Crippen MR) is 127 cm³/mol. The van der Waals surface area contributed by atoms with Gasteiger partial charge in [0.2, 0.25) is 6.79 Å². The van der Waals surface area contributed by atoms with Gasteiger partial charge < -0.3 is 19.5 Å². The van der Waals surface area contributed by atoms with Gasteiger partial charge in [-0.05, 0) is 40.6 Å². The van der Waals surface area contributed by atoms with E-state index in [1.807, 2.05) is 48.5 Å². The van der Waals surface area contributed by atoms with E-state index in [1.165, 1.54) is 0 Å². The number of para-hydroxylation sites is 1. The first-order chi connectivity index (χ1) is 16.5. The molecule has 6 rings (SSSR count). The van der Waals surface area contributed by atoms with Crippen LogP contribution in [0.2, 0.25) is 0 Å². The minimum Gasteiger partial charge on any atom is -0.454 e. The second kappa shape index (κ2) is 7.71. The van der Waals surface area contributed by atoms with Crippen molar-refractivity contribution >= 4 is 28.2 Å². The highest BCUT2D eigenvalue weighted by Gasteiger charge is 2.50. The fourth-order valence-electron chi connectivity index (χ4n) is 4.84. The quantitative estimate of drug-likeness (QED) is 0.450. The van der Waals surface area contributed by atoms with E-state index >= 15 is 0 Å². The SMILES string of the molecule is O=C(C[C@]1(O)C(=O)N(Cc2cccc3ccccc23)c2ccccc21)c1ccc2c(c1)OCO2. The van der Waals surface area contributed by atoms with Crippen molar-refractivity contribution in [2.75, 3.05) is 11.7 Å². The van der Waals surface area contributed by atoms with Gasteiger partial charge in [0.05, 0.1) is 18.7 Å². The summed E-state index contributed by atoms with van der Waals surface area (Å²) in [7, 11) is 0. The molecule has 1 N–H and O–H groups in total. The van der Waals surface area contributed by atoms with Gasteiger partial charge in [-0.1, -0.05) is 60.7 Å². The lowest BCUT2D eigenvalue weighted by Gasteiger charge is -2.23. The first-order valence-corrected chi connectivity index (χ1v) is 11.1. The minimum atomic E-state index is -1.95. The fourth-order valence-corrected chi connectivity index (χ4v) is 4.84. The number of hydrogen-bond donors (Lipinski definition) is 1. The smallest absolute Gasteiger partial charge is 0.264 e. The van der Waals surface area contributed by atoms with E-state index in [2.05, 4.69) is 0 Å². The van der Waals surface area contributed by atoms with Crippen molar-refractivity contribution in [1.29, 1.82) is 0 Å². The Kier molecular flexibility index (Phi) is 4.64. The molecule has 2 heterocycles. The monoisotopic (exact) mass is 451 g/mol. The van der Waals surface area contributed by atoms with E-state index in [0.29, 0.717) is 28.3 Å². The summed E-state index contributed by atoms with van der Waals surface area (Å²) in [6, 6.07) is 25.9. The number of nitrogens with zero attached hydrogens (tertiary/aromatic N) is 1. The van der Waals surface area contributed by atoms with Crippen LogP contribution in [0.15, 0.2) is 84.9 Å². The van der Waals surface area contributed by atoms with E-state index < -0.39 is 11.5 Å². The Labute approximate surface area is 196 Å². The molecule has 0 unspecified atom stereocenters. The molecule has 1 atom stereocenters. The number of carbonyl (C=O) groups excluding carboxylic acids is 2. The van der Waals surface area contributed by atoms with Crippen LogP contribution in [0.1, 0.15) is 27.9 Å². The number of Topliss-reactive ketones (excluding diaryl/α,β-unsaturated/α-hetero) is 1. The molecule has 4 aromatic carbocycles. The largest absolute Gasteiger partial charge is 0.454 e. The molecule has 34 heavy (non-hydrogen) atoms. The van der Waals surface area contributed by atoms with Gasteiger partial charge in [-0.3, -0.25) is 9.59 Å². The Bertz CT molecular complexity index is 1460. The Morgan fingerprint density at radius 1 is 0.912 bits per heavy atom. The van der Waals surface area contributed by atoms with E-state index in [0.717, 1.165) is 16.3 Å². The van der Waals surface area contributed by atoms with Gasteiger partial charge in [-0.25, -0.2) is 0 Å². The number of anilines is 1. The summed E-state index contributed by atoms with van der Waals surface area (Å²) < 4.78 is 10.7. The summed E-state index contributed by atoms with van der Waals surface area (Å²) in [6.45, 7) is 0.392. The third-order valence-electron chi connectivity index (χ3n) is 6.56. The molecule has 0 bridgehead atoms. The zero-order valence-corrected chi connectivity index (χ0v) is 18.2. The maximum absolute atomic E-state index is 13.7. The summed E-state index contributed by atoms with van der Waals surface area (Å²) in [6.07, 6.45) is -0.367. The summed E-state index contributed by atoms with van der Waals surface area (Å²) in [5, 5.41) is 13.8. The van der Waals surface area contributed by atoms with Crippen LogP contribution in [-0.4, -0.2) is 23.6 Å². The van der Waals surface area contributed by atoms with Crippen LogP contribution in [0.25, 0.3) is 10.8 Å². The Morgan fingerprint density at radius 2 is 1.68 bits per heavy atom. The maximum atomic E-state index is 13.7. The molecule has 2 aliphatic heterocycles. The number of ether oxygens (including phenoxy) is 2. The molecule has 1 amide bonds. The highest BCUT2D eigenvalue weighted by atomic mass is 16.7. The van der Waals surface area contributed by atoms with Crippen molar-refractivity contribution in [3.8, 4) is 11.5 Å². The molecule has 0 spiro atoms. The summed E-state index contributed by atoms with van der Waals surface area (Å²) in [4.78, 5) is 28.4. The lowest BCUT2D eigenvalue weighted by Crippen LogP contribution is -2.41. The van der Waals surface area contributed by atoms with Crippen molar-refractivity contribution in [1.82, 2.24) is 0 Å². The number of aliphatic hydroxyl groups is 1. The van der Waals surface area contributed by atoms with Gasteiger partial charge in [0.15, 0.2) is 22.9 Å².